The van der Waals surface area contributed by atoms with Crippen LogP contribution in [-0.4, -0.2) is 22.0 Å². The molecule has 2 aromatic rings. The Morgan fingerprint density at radius 3 is 2.35 bits per heavy atom. The molecule has 0 aliphatic carbocycles. The molecular formula is C16H11ClN2O4. The van der Waals surface area contributed by atoms with Crippen LogP contribution in [0.15, 0.2) is 48.0 Å². The molecule has 6 nitrogen and oxygen atoms in total. The van der Waals surface area contributed by atoms with Gasteiger partial charge in [0.25, 0.3) is 11.8 Å². The maximum absolute atomic E-state index is 12.4. The van der Waals surface area contributed by atoms with E-state index in [0.717, 1.165) is 5.01 Å². The molecule has 7 heteroatoms. The number of nitrogens with zero attached hydrogens (tertiary/aromatic N) is 1. The highest BCUT2D eigenvalue weighted by Gasteiger charge is 2.34. The van der Waals surface area contributed by atoms with E-state index in [4.69, 9.17) is 11.6 Å². The number of rotatable bonds is 2. The van der Waals surface area contributed by atoms with Gasteiger partial charge in [-0.25, -0.2) is 5.01 Å². The van der Waals surface area contributed by atoms with Crippen molar-refractivity contribution in [2.75, 3.05) is 5.01 Å². The third-order valence-electron chi connectivity index (χ3n) is 3.29. The lowest BCUT2D eigenvalue weighted by molar-refractivity contribution is -0.117. The first kappa shape index (κ1) is 14.9. The average Bonchev–Trinajstić information content (AvgIpc) is 2.80. The van der Waals surface area contributed by atoms with Gasteiger partial charge in [-0.05, 0) is 48.0 Å². The van der Waals surface area contributed by atoms with Gasteiger partial charge in [-0.2, -0.15) is 0 Å². The minimum absolute atomic E-state index is 0.0787. The number of hydrogen-bond acceptors (Lipinski definition) is 4. The zero-order valence-corrected chi connectivity index (χ0v) is 12.4. The molecule has 116 valence electrons. The monoisotopic (exact) mass is 330 g/mol. The van der Waals surface area contributed by atoms with Crippen molar-refractivity contribution in [2.45, 2.75) is 0 Å². The predicted octanol–water partition coefficient (Wildman–Crippen LogP) is 2.21. The molecule has 0 aromatic heterocycles. The topological polar surface area (TPSA) is 89.9 Å². The van der Waals surface area contributed by atoms with Gasteiger partial charge in [-0.1, -0.05) is 17.7 Å². The van der Waals surface area contributed by atoms with Crippen molar-refractivity contribution in [1.82, 2.24) is 5.43 Å². The summed E-state index contributed by atoms with van der Waals surface area (Å²) in [6.45, 7) is 0. The average molecular weight is 331 g/mol. The highest BCUT2D eigenvalue weighted by Crippen LogP contribution is 2.27. The first-order valence-electron chi connectivity index (χ1n) is 6.60. The van der Waals surface area contributed by atoms with E-state index in [1.807, 2.05) is 0 Å². The molecule has 0 bridgehead atoms. The molecule has 2 amide bonds. The van der Waals surface area contributed by atoms with Gasteiger partial charge in [0.1, 0.15) is 5.57 Å². The summed E-state index contributed by atoms with van der Waals surface area (Å²) in [5, 5.41) is 20.4. The summed E-state index contributed by atoms with van der Waals surface area (Å²) in [6.07, 6.45) is 1.34. The molecule has 0 spiro atoms. The van der Waals surface area contributed by atoms with E-state index >= 15 is 0 Å². The van der Waals surface area contributed by atoms with Crippen molar-refractivity contribution >= 4 is 35.2 Å². The van der Waals surface area contributed by atoms with E-state index in [9.17, 15) is 19.8 Å². The largest absolute Gasteiger partial charge is 0.504 e. The van der Waals surface area contributed by atoms with E-state index in [1.54, 1.807) is 24.3 Å². The minimum Gasteiger partial charge on any atom is -0.504 e. The van der Waals surface area contributed by atoms with E-state index < -0.39 is 11.8 Å². The fourth-order valence-corrected chi connectivity index (χ4v) is 2.25. The molecule has 3 N–H and O–H groups in total. The van der Waals surface area contributed by atoms with Crippen molar-refractivity contribution in [2.24, 2.45) is 0 Å². The Morgan fingerprint density at radius 1 is 1.00 bits per heavy atom. The number of hydrazine groups is 1. The third-order valence-corrected chi connectivity index (χ3v) is 3.54. The Balaban J connectivity index is 1.93. The van der Waals surface area contributed by atoms with Crippen LogP contribution in [0.25, 0.3) is 6.08 Å². The standard InChI is InChI=1S/C16H11ClN2O4/c17-10-2-4-11(5-3-10)19-16(23)12(15(22)18-19)7-9-1-6-13(20)14(21)8-9/h1-8,20-21H,(H,18,22). The molecule has 0 unspecified atom stereocenters. The van der Waals surface area contributed by atoms with Crippen molar-refractivity contribution in [3.8, 4) is 11.5 Å². The van der Waals surface area contributed by atoms with Gasteiger partial charge in [0.05, 0.1) is 5.69 Å². The Hall–Kier alpha value is -2.99. The van der Waals surface area contributed by atoms with Crippen molar-refractivity contribution in [3.63, 3.8) is 0 Å². The minimum atomic E-state index is -0.558. The van der Waals surface area contributed by atoms with Crippen LogP contribution in [-0.2, 0) is 9.59 Å². The van der Waals surface area contributed by atoms with E-state index in [1.165, 1.54) is 24.3 Å². The maximum atomic E-state index is 12.4. The van der Waals surface area contributed by atoms with Crippen molar-refractivity contribution in [1.29, 1.82) is 0 Å². The van der Waals surface area contributed by atoms with Crippen LogP contribution in [0.1, 0.15) is 5.56 Å². The first-order chi connectivity index (χ1) is 11.0. The molecule has 0 atom stereocenters. The van der Waals surface area contributed by atoms with Crippen LogP contribution in [0.3, 0.4) is 0 Å². The molecule has 3 rings (SSSR count). The van der Waals surface area contributed by atoms with Crippen LogP contribution in [0.4, 0.5) is 5.69 Å². The number of anilines is 1. The third kappa shape index (κ3) is 2.84. The number of carbonyl (C=O) groups is 2. The molecule has 1 aliphatic heterocycles. The zero-order chi connectivity index (χ0) is 16.6. The second-order valence-electron chi connectivity index (χ2n) is 4.86. The van der Waals surface area contributed by atoms with Crippen LogP contribution < -0.4 is 10.4 Å². The molecule has 2 aromatic carbocycles. The number of aromatic hydroxyl groups is 2. The van der Waals surface area contributed by atoms with Gasteiger partial charge in [0, 0.05) is 5.02 Å². The number of carbonyl (C=O) groups excluding carboxylic acids is 2. The summed E-state index contributed by atoms with van der Waals surface area (Å²) in [5.41, 5.74) is 3.27. The predicted molar refractivity (Wildman–Crippen MR) is 84.8 cm³/mol. The molecule has 1 aliphatic rings. The van der Waals surface area contributed by atoms with Crippen LogP contribution in [0.5, 0.6) is 11.5 Å². The summed E-state index contributed by atoms with van der Waals surface area (Å²) < 4.78 is 0. The second-order valence-corrected chi connectivity index (χ2v) is 5.30. The Morgan fingerprint density at radius 2 is 1.70 bits per heavy atom. The lowest BCUT2D eigenvalue weighted by atomic mass is 10.1. The Bertz CT molecular complexity index is 830. The fraction of sp³-hybridized carbons (Fsp3) is 0. The molecule has 0 radical (unpaired) electrons. The number of phenolic OH excluding ortho intramolecular Hbond substituents is 2. The summed E-state index contributed by atoms with van der Waals surface area (Å²) in [6, 6.07) is 10.4. The second kappa shape index (κ2) is 5.66. The van der Waals surface area contributed by atoms with Gasteiger partial charge >= 0.3 is 0 Å². The quantitative estimate of drug-likeness (QED) is 0.447. The first-order valence-corrected chi connectivity index (χ1v) is 6.98. The zero-order valence-electron chi connectivity index (χ0n) is 11.7. The number of amides is 2. The molecule has 0 saturated carbocycles. The molecular weight excluding hydrogens is 320 g/mol. The smallest absolute Gasteiger partial charge is 0.282 e. The van der Waals surface area contributed by atoms with Crippen molar-refractivity contribution in [3.05, 3.63) is 58.6 Å². The summed E-state index contributed by atoms with van der Waals surface area (Å²) in [7, 11) is 0. The van der Waals surface area contributed by atoms with Crippen LogP contribution in [0, 0.1) is 0 Å². The Labute approximate surface area is 136 Å². The van der Waals surface area contributed by atoms with Gasteiger partial charge in [-0.3, -0.25) is 15.0 Å². The van der Waals surface area contributed by atoms with Gasteiger partial charge in [0.2, 0.25) is 0 Å². The highest BCUT2D eigenvalue weighted by atomic mass is 35.5. The molecule has 1 heterocycles. The van der Waals surface area contributed by atoms with E-state index in [-0.39, 0.29) is 17.1 Å². The highest BCUT2D eigenvalue weighted by molar-refractivity contribution is 6.32. The van der Waals surface area contributed by atoms with Crippen LogP contribution in [0.2, 0.25) is 5.02 Å². The molecule has 1 saturated heterocycles. The fourth-order valence-electron chi connectivity index (χ4n) is 2.13. The van der Waals surface area contributed by atoms with Gasteiger partial charge in [-0.15, -0.1) is 0 Å². The maximum Gasteiger partial charge on any atom is 0.282 e. The molecule has 1 fully saturated rings. The van der Waals surface area contributed by atoms with Crippen LogP contribution >= 0.6 is 11.6 Å². The van der Waals surface area contributed by atoms with Crippen molar-refractivity contribution < 1.29 is 19.8 Å². The number of halogens is 1. The summed E-state index contributed by atoms with van der Waals surface area (Å²) in [4.78, 5) is 24.4. The van der Waals surface area contributed by atoms with E-state index in [2.05, 4.69) is 5.43 Å². The summed E-state index contributed by atoms with van der Waals surface area (Å²) in [5.74, 6) is -1.70. The SMILES string of the molecule is O=C1NN(c2ccc(Cl)cc2)C(=O)C1=Cc1ccc(O)c(O)c1. The number of hydrogen-bond donors (Lipinski definition) is 3. The molecule has 23 heavy (non-hydrogen) atoms. The number of benzene rings is 2. The number of nitrogens with one attached hydrogen (secondary N) is 1. The lowest BCUT2D eigenvalue weighted by Crippen LogP contribution is -2.35. The summed E-state index contributed by atoms with van der Waals surface area (Å²) >= 11 is 5.80. The Kier molecular flexibility index (Phi) is 3.67. The van der Waals surface area contributed by atoms with Gasteiger partial charge in [0.15, 0.2) is 11.5 Å². The lowest BCUT2D eigenvalue weighted by Gasteiger charge is -2.14. The van der Waals surface area contributed by atoms with E-state index in [0.29, 0.717) is 16.3 Å². The number of phenols is 2. The normalized spacial score (nSPS) is 16.0. The van der Waals surface area contributed by atoms with Gasteiger partial charge < -0.3 is 10.2 Å².